The lowest BCUT2D eigenvalue weighted by atomic mass is 10.2. The topological polar surface area (TPSA) is 72.4 Å². The maximum absolute atomic E-state index is 11.1. The van der Waals surface area contributed by atoms with E-state index in [-0.39, 0.29) is 12.3 Å². The average Bonchev–Trinajstić information content (AvgIpc) is 2.96. The molecule has 5 heteroatoms. The number of oxazole rings is 1. The van der Waals surface area contributed by atoms with Gasteiger partial charge in [-0.25, -0.2) is 0 Å². The van der Waals surface area contributed by atoms with E-state index in [1.54, 1.807) is 0 Å². The number of carbonyl (C=O) groups is 1. The number of nitrogens with zero attached hydrogens (tertiary/aromatic N) is 2. The zero-order valence-electron chi connectivity index (χ0n) is 12.1. The molecule has 22 heavy (non-hydrogen) atoms. The van der Waals surface area contributed by atoms with Crippen LogP contribution in [0, 0.1) is 0 Å². The van der Waals surface area contributed by atoms with Gasteiger partial charge < -0.3 is 15.1 Å². The predicted molar refractivity (Wildman–Crippen MR) is 85.3 cm³/mol. The Hall–Kier alpha value is -2.82. The molecular weight excluding hydrogens is 278 g/mol. The Morgan fingerprint density at radius 3 is 2.55 bits per heavy atom. The van der Waals surface area contributed by atoms with Crippen LogP contribution < -0.4 is 10.6 Å². The average molecular weight is 295 g/mol. The van der Waals surface area contributed by atoms with Crippen LogP contribution in [0.4, 0.5) is 6.01 Å². The molecule has 1 aromatic heterocycles. The van der Waals surface area contributed by atoms with Crippen LogP contribution in [0.5, 0.6) is 0 Å². The Morgan fingerprint density at radius 2 is 1.82 bits per heavy atom. The molecule has 1 amide bonds. The number of hydrogen-bond donors (Lipinski definition) is 1. The summed E-state index contributed by atoms with van der Waals surface area (Å²) in [4.78, 5) is 17.5. The summed E-state index contributed by atoms with van der Waals surface area (Å²) in [6.07, 6.45) is 0.256. The molecule has 0 aliphatic heterocycles. The molecule has 0 saturated heterocycles. The van der Waals surface area contributed by atoms with Crippen molar-refractivity contribution in [3.8, 4) is 0 Å². The number of benzene rings is 2. The fraction of sp³-hybridized carbons (Fsp3) is 0.176. The molecule has 0 fully saturated rings. The SMILES string of the molecule is NC(=O)CCN(Cc1ccccc1)c1nc2ccccc2o1. The van der Waals surface area contributed by atoms with Gasteiger partial charge in [0, 0.05) is 19.5 Å². The van der Waals surface area contributed by atoms with Gasteiger partial charge in [0.2, 0.25) is 5.91 Å². The highest BCUT2D eigenvalue weighted by Gasteiger charge is 2.15. The van der Waals surface area contributed by atoms with Crippen LogP contribution in [0.15, 0.2) is 59.0 Å². The van der Waals surface area contributed by atoms with Gasteiger partial charge in [0.25, 0.3) is 6.01 Å². The maximum Gasteiger partial charge on any atom is 0.298 e. The lowest BCUT2D eigenvalue weighted by Crippen LogP contribution is -2.27. The van der Waals surface area contributed by atoms with Crippen molar-refractivity contribution in [3.05, 3.63) is 60.2 Å². The third-order valence-corrected chi connectivity index (χ3v) is 3.40. The summed E-state index contributed by atoms with van der Waals surface area (Å²) in [5, 5.41) is 0. The van der Waals surface area contributed by atoms with E-state index in [9.17, 15) is 4.79 Å². The second-order valence-electron chi connectivity index (χ2n) is 5.09. The highest BCUT2D eigenvalue weighted by molar-refractivity contribution is 5.75. The molecule has 0 spiro atoms. The second-order valence-corrected chi connectivity index (χ2v) is 5.09. The molecule has 0 aliphatic carbocycles. The van der Waals surface area contributed by atoms with Gasteiger partial charge in [0.05, 0.1) is 0 Å². The summed E-state index contributed by atoms with van der Waals surface area (Å²) in [7, 11) is 0. The Balaban J connectivity index is 1.88. The number of anilines is 1. The van der Waals surface area contributed by atoms with Crippen LogP contribution in [0.2, 0.25) is 0 Å². The lowest BCUT2D eigenvalue weighted by molar-refractivity contribution is -0.117. The minimum absolute atomic E-state index is 0.256. The first-order valence-electron chi connectivity index (χ1n) is 7.15. The predicted octanol–water partition coefficient (Wildman–Crippen LogP) is 2.71. The number of amides is 1. The standard InChI is InChI=1S/C17H17N3O2/c18-16(21)10-11-20(12-13-6-2-1-3-7-13)17-19-14-8-4-5-9-15(14)22-17/h1-9H,10-12H2,(H2,18,21). The molecule has 0 radical (unpaired) electrons. The third-order valence-electron chi connectivity index (χ3n) is 3.40. The molecule has 2 aromatic carbocycles. The Morgan fingerprint density at radius 1 is 1.09 bits per heavy atom. The van der Waals surface area contributed by atoms with Crippen molar-refractivity contribution in [3.63, 3.8) is 0 Å². The monoisotopic (exact) mass is 295 g/mol. The zero-order valence-corrected chi connectivity index (χ0v) is 12.1. The molecule has 0 saturated carbocycles. The van der Waals surface area contributed by atoms with Crippen molar-refractivity contribution in [2.75, 3.05) is 11.4 Å². The molecule has 3 rings (SSSR count). The number of para-hydroxylation sites is 2. The first-order valence-corrected chi connectivity index (χ1v) is 7.15. The van der Waals surface area contributed by atoms with E-state index < -0.39 is 0 Å². The number of fused-ring (bicyclic) bond motifs is 1. The summed E-state index contributed by atoms with van der Waals surface area (Å²) < 4.78 is 5.80. The van der Waals surface area contributed by atoms with E-state index >= 15 is 0 Å². The normalized spacial score (nSPS) is 10.7. The van der Waals surface area contributed by atoms with Gasteiger partial charge in [-0.3, -0.25) is 4.79 Å². The van der Waals surface area contributed by atoms with E-state index in [1.165, 1.54) is 0 Å². The number of nitrogens with two attached hydrogens (primary N) is 1. The number of rotatable bonds is 6. The number of aromatic nitrogens is 1. The Labute approximate surface area is 128 Å². The van der Waals surface area contributed by atoms with Gasteiger partial charge in [-0.15, -0.1) is 0 Å². The summed E-state index contributed by atoms with van der Waals surface area (Å²) in [5.74, 6) is -0.339. The smallest absolute Gasteiger partial charge is 0.298 e. The van der Waals surface area contributed by atoms with E-state index in [1.807, 2.05) is 59.5 Å². The van der Waals surface area contributed by atoms with Crippen LogP contribution in [0.1, 0.15) is 12.0 Å². The highest BCUT2D eigenvalue weighted by Crippen LogP contribution is 2.23. The van der Waals surface area contributed by atoms with Crippen LogP contribution in [0.3, 0.4) is 0 Å². The maximum atomic E-state index is 11.1. The van der Waals surface area contributed by atoms with Gasteiger partial charge in [0.15, 0.2) is 5.58 Å². The first kappa shape index (κ1) is 14.1. The third kappa shape index (κ3) is 3.25. The van der Waals surface area contributed by atoms with Crippen LogP contribution >= 0.6 is 0 Å². The lowest BCUT2D eigenvalue weighted by Gasteiger charge is -2.19. The minimum Gasteiger partial charge on any atom is -0.423 e. The quantitative estimate of drug-likeness (QED) is 0.759. The molecule has 5 nitrogen and oxygen atoms in total. The summed E-state index contributed by atoms with van der Waals surface area (Å²) in [6.45, 7) is 1.08. The van der Waals surface area contributed by atoms with Gasteiger partial charge in [-0.1, -0.05) is 42.5 Å². The fourth-order valence-electron chi connectivity index (χ4n) is 2.29. The van der Waals surface area contributed by atoms with Crippen molar-refractivity contribution in [1.82, 2.24) is 4.98 Å². The van der Waals surface area contributed by atoms with Crippen molar-refractivity contribution in [2.45, 2.75) is 13.0 Å². The van der Waals surface area contributed by atoms with Crippen molar-refractivity contribution in [2.24, 2.45) is 5.73 Å². The Kier molecular flexibility index (Phi) is 4.05. The summed E-state index contributed by atoms with van der Waals surface area (Å²) >= 11 is 0. The van der Waals surface area contributed by atoms with Crippen LogP contribution in [-0.4, -0.2) is 17.4 Å². The van der Waals surface area contributed by atoms with Crippen molar-refractivity contribution < 1.29 is 9.21 Å². The summed E-state index contributed by atoms with van der Waals surface area (Å²) in [6, 6.07) is 18.1. The number of carbonyl (C=O) groups excluding carboxylic acids is 1. The fourth-order valence-corrected chi connectivity index (χ4v) is 2.29. The van der Waals surface area contributed by atoms with Crippen molar-refractivity contribution in [1.29, 1.82) is 0 Å². The molecule has 0 atom stereocenters. The van der Waals surface area contributed by atoms with Gasteiger partial charge in [-0.2, -0.15) is 4.98 Å². The molecular formula is C17H17N3O2. The van der Waals surface area contributed by atoms with Gasteiger partial charge in [0.1, 0.15) is 5.52 Å². The van der Waals surface area contributed by atoms with E-state index in [4.69, 9.17) is 10.2 Å². The molecule has 3 aromatic rings. The summed E-state index contributed by atoms with van der Waals surface area (Å²) in [5.41, 5.74) is 7.92. The largest absolute Gasteiger partial charge is 0.423 e. The van der Waals surface area contributed by atoms with E-state index in [2.05, 4.69) is 4.98 Å². The molecule has 1 heterocycles. The first-order chi connectivity index (χ1) is 10.7. The van der Waals surface area contributed by atoms with Gasteiger partial charge >= 0.3 is 0 Å². The second kappa shape index (κ2) is 6.30. The number of hydrogen-bond acceptors (Lipinski definition) is 4. The van der Waals surface area contributed by atoms with E-state index in [0.717, 1.165) is 16.7 Å². The van der Waals surface area contributed by atoms with Crippen molar-refractivity contribution >= 4 is 23.0 Å². The van der Waals surface area contributed by atoms with Crippen LogP contribution in [-0.2, 0) is 11.3 Å². The number of primary amides is 1. The van der Waals surface area contributed by atoms with Gasteiger partial charge in [-0.05, 0) is 17.7 Å². The zero-order chi connectivity index (χ0) is 15.4. The van der Waals surface area contributed by atoms with E-state index in [0.29, 0.717) is 19.1 Å². The molecule has 0 aliphatic rings. The van der Waals surface area contributed by atoms with Crippen LogP contribution in [0.25, 0.3) is 11.1 Å². The Bertz CT molecular complexity index is 735. The molecule has 2 N–H and O–H groups in total. The molecule has 0 unspecified atom stereocenters. The highest BCUT2D eigenvalue weighted by atomic mass is 16.4. The molecule has 0 bridgehead atoms. The molecule has 112 valence electrons. The minimum atomic E-state index is -0.339.